The number of rotatable bonds is 4. The number of benzene rings is 2. The standard InChI is InChI=1S/C19H24N3.C6H5ClO3S/c1-20-11-9-18(10-12-20)4-3-17-5-7-19(8-6-17)22-15-13-21(2)14-16-22;7-5-1-3-6(4-2-5)11(8,9)10/h3-12H,13-16H2,1-2H3;1-4H,(H,8,9,10)/q+1;/p-1. The molecule has 0 amide bonds. The van der Waals surface area contributed by atoms with Gasteiger partial charge in [-0.1, -0.05) is 35.9 Å². The van der Waals surface area contributed by atoms with Gasteiger partial charge >= 0.3 is 0 Å². The Labute approximate surface area is 201 Å². The SMILES string of the molecule is CN1CCN(c2ccc(/C=C/c3cc[n+](C)cc3)cc2)CC1.O=S(=O)([O-])c1ccc(Cl)cc1. The van der Waals surface area contributed by atoms with Crippen LogP contribution < -0.4 is 9.47 Å². The second-order valence-electron chi connectivity index (χ2n) is 7.92. The van der Waals surface area contributed by atoms with Gasteiger partial charge in [0.1, 0.15) is 17.2 Å². The molecule has 0 aliphatic carbocycles. The number of halogens is 1. The van der Waals surface area contributed by atoms with Gasteiger partial charge < -0.3 is 14.4 Å². The van der Waals surface area contributed by atoms with Crippen molar-refractivity contribution in [3.63, 3.8) is 0 Å². The molecular weight excluding hydrogens is 458 g/mol. The number of likely N-dealkylation sites (N-methyl/N-ethyl adjacent to an activating group) is 1. The van der Waals surface area contributed by atoms with Crippen LogP contribution in [0.5, 0.6) is 0 Å². The van der Waals surface area contributed by atoms with Gasteiger partial charge in [0, 0.05) is 49.0 Å². The summed E-state index contributed by atoms with van der Waals surface area (Å²) in [5.74, 6) is 0. The minimum atomic E-state index is -4.33. The summed E-state index contributed by atoms with van der Waals surface area (Å²) < 4.78 is 33.1. The van der Waals surface area contributed by atoms with Crippen LogP contribution in [0.15, 0.2) is 78.0 Å². The second kappa shape index (κ2) is 11.4. The van der Waals surface area contributed by atoms with Crippen molar-refractivity contribution in [1.29, 1.82) is 0 Å². The lowest BCUT2D eigenvalue weighted by Gasteiger charge is -2.34. The molecule has 8 heteroatoms. The molecule has 0 atom stereocenters. The van der Waals surface area contributed by atoms with E-state index >= 15 is 0 Å². The number of hydrogen-bond donors (Lipinski definition) is 0. The highest BCUT2D eigenvalue weighted by atomic mass is 35.5. The number of aryl methyl sites for hydroxylation is 1. The summed E-state index contributed by atoms with van der Waals surface area (Å²) in [6.45, 7) is 4.53. The molecule has 0 bridgehead atoms. The fourth-order valence-electron chi connectivity index (χ4n) is 3.28. The second-order valence-corrected chi connectivity index (χ2v) is 9.74. The van der Waals surface area contributed by atoms with Crippen LogP contribution in [0.25, 0.3) is 12.2 Å². The van der Waals surface area contributed by atoms with E-state index in [4.69, 9.17) is 11.6 Å². The van der Waals surface area contributed by atoms with E-state index in [1.54, 1.807) is 0 Å². The molecule has 2 heterocycles. The van der Waals surface area contributed by atoms with Crippen molar-refractivity contribution in [1.82, 2.24) is 4.90 Å². The average Bonchev–Trinajstić information content (AvgIpc) is 2.80. The first-order valence-corrected chi connectivity index (χ1v) is 12.4. The molecular formula is C25H28ClN3O3S. The van der Waals surface area contributed by atoms with Gasteiger partial charge in [-0.25, -0.2) is 13.0 Å². The summed E-state index contributed by atoms with van der Waals surface area (Å²) in [5, 5.41) is 0.400. The van der Waals surface area contributed by atoms with Crippen LogP contribution in [0.2, 0.25) is 5.02 Å². The molecule has 3 aromatic rings. The van der Waals surface area contributed by atoms with E-state index in [1.807, 2.05) is 11.6 Å². The van der Waals surface area contributed by atoms with Crippen molar-refractivity contribution in [2.45, 2.75) is 4.90 Å². The molecule has 2 aromatic carbocycles. The molecule has 1 aliphatic rings. The zero-order valence-electron chi connectivity index (χ0n) is 18.8. The van der Waals surface area contributed by atoms with Crippen molar-refractivity contribution in [3.05, 3.63) is 89.2 Å². The molecule has 4 rings (SSSR count). The molecule has 1 saturated heterocycles. The molecule has 0 saturated carbocycles. The topological polar surface area (TPSA) is 67.6 Å². The van der Waals surface area contributed by atoms with Crippen LogP contribution in [-0.2, 0) is 17.2 Å². The summed E-state index contributed by atoms with van der Waals surface area (Å²) >= 11 is 5.46. The quantitative estimate of drug-likeness (QED) is 0.416. The Hall–Kier alpha value is -2.71. The molecule has 6 nitrogen and oxygen atoms in total. The lowest BCUT2D eigenvalue weighted by atomic mass is 10.1. The van der Waals surface area contributed by atoms with Gasteiger partial charge in [0.25, 0.3) is 0 Å². The minimum absolute atomic E-state index is 0.262. The van der Waals surface area contributed by atoms with Gasteiger partial charge in [0.2, 0.25) is 0 Å². The highest BCUT2D eigenvalue weighted by Crippen LogP contribution is 2.18. The Morgan fingerprint density at radius 2 is 1.36 bits per heavy atom. The maximum Gasteiger partial charge on any atom is 0.169 e. The van der Waals surface area contributed by atoms with E-state index < -0.39 is 10.1 Å². The Kier molecular flexibility index (Phi) is 8.63. The predicted octanol–water partition coefficient (Wildman–Crippen LogP) is 3.68. The van der Waals surface area contributed by atoms with Crippen LogP contribution >= 0.6 is 11.6 Å². The molecule has 1 fully saturated rings. The summed E-state index contributed by atoms with van der Waals surface area (Å²) in [6.07, 6.45) is 8.46. The number of hydrogen-bond acceptors (Lipinski definition) is 5. The Morgan fingerprint density at radius 1 is 0.848 bits per heavy atom. The highest BCUT2D eigenvalue weighted by molar-refractivity contribution is 7.85. The molecule has 1 aromatic heterocycles. The van der Waals surface area contributed by atoms with Gasteiger partial charge in [0.05, 0.1) is 4.90 Å². The number of nitrogens with zero attached hydrogens (tertiary/aromatic N) is 3. The molecule has 0 N–H and O–H groups in total. The van der Waals surface area contributed by atoms with Gasteiger partial charge in [-0.05, 0) is 54.6 Å². The number of anilines is 1. The van der Waals surface area contributed by atoms with E-state index in [1.165, 1.54) is 41.1 Å². The summed E-state index contributed by atoms with van der Waals surface area (Å²) in [6, 6.07) is 18.2. The van der Waals surface area contributed by atoms with E-state index in [-0.39, 0.29) is 4.90 Å². The van der Waals surface area contributed by atoms with Crippen LogP contribution in [-0.4, -0.2) is 51.1 Å². The monoisotopic (exact) mass is 485 g/mol. The van der Waals surface area contributed by atoms with Crippen molar-refractivity contribution >= 4 is 39.6 Å². The summed E-state index contributed by atoms with van der Waals surface area (Å²) in [7, 11) is -0.107. The molecule has 0 spiro atoms. The van der Waals surface area contributed by atoms with Gasteiger partial charge in [-0.3, -0.25) is 0 Å². The third-order valence-corrected chi connectivity index (χ3v) is 6.44. The molecule has 1 aliphatic heterocycles. The number of piperazine rings is 1. The van der Waals surface area contributed by atoms with Gasteiger partial charge in [0.15, 0.2) is 12.4 Å². The summed E-state index contributed by atoms with van der Waals surface area (Å²) in [4.78, 5) is 4.58. The zero-order valence-corrected chi connectivity index (χ0v) is 20.3. The highest BCUT2D eigenvalue weighted by Gasteiger charge is 2.13. The number of aromatic nitrogens is 1. The third kappa shape index (κ3) is 7.98. The third-order valence-electron chi connectivity index (χ3n) is 5.34. The zero-order chi connectivity index (χ0) is 23.8. The Bertz CT molecular complexity index is 1160. The van der Waals surface area contributed by atoms with E-state index in [0.717, 1.165) is 26.2 Å². The van der Waals surface area contributed by atoms with E-state index in [0.29, 0.717) is 5.02 Å². The Balaban J connectivity index is 0.000000235. The molecule has 33 heavy (non-hydrogen) atoms. The van der Waals surface area contributed by atoms with E-state index in [2.05, 4.69) is 77.8 Å². The maximum atomic E-state index is 10.3. The first-order chi connectivity index (χ1) is 15.7. The van der Waals surface area contributed by atoms with Gasteiger partial charge in [-0.2, -0.15) is 0 Å². The normalized spacial score (nSPS) is 14.7. The van der Waals surface area contributed by atoms with Crippen LogP contribution in [0.4, 0.5) is 5.69 Å². The maximum absolute atomic E-state index is 10.3. The largest absolute Gasteiger partial charge is 0.744 e. The van der Waals surface area contributed by atoms with Crippen LogP contribution in [0.1, 0.15) is 11.1 Å². The van der Waals surface area contributed by atoms with Crippen molar-refractivity contribution in [2.24, 2.45) is 7.05 Å². The average molecular weight is 486 g/mol. The molecule has 174 valence electrons. The van der Waals surface area contributed by atoms with Crippen molar-refractivity contribution < 1.29 is 17.5 Å². The van der Waals surface area contributed by atoms with Gasteiger partial charge in [-0.15, -0.1) is 0 Å². The lowest BCUT2D eigenvalue weighted by Crippen LogP contribution is -2.44. The predicted molar refractivity (Wildman–Crippen MR) is 132 cm³/mol. The number of pyridine rings is 1. The lowest BCUT2D eigenvalue weighted by molar-refractivity contribution is -0.671. The molecule has 0 unspecified atom stereocenters. The van der Waals surface area contributed by atoms with Crippen molar-refractivity contribution in [3.8, 4) is 0 Å². The molecule has 0 radical (unpaired) electrons. The van der Waals surface area contributed by atoms with Crippen LogP contribution in [0.3, 0.4) is 0 Å². The first kappa shape index (κ1) is 24.9. The minimum Gasteiger partial charge on any atom is -0.744 e. The van der Waals surface area contributed by atoms with E-state index in [9.17, 15) is 13.0 Å². The van der Waals surface area contributed by atoms with Crippen LogP contribution in [0, 0.1) is 0 Å². The fourth-order valence-corrected chi connectivity index (χ4v) is 3.87. The smallest absolute Gasteiger partial charge is 0.169 e. The van der Waals surface area contributed by atoms with Crippen molar-refractivity contribution in [2.75, 3.05) is 38.1 Å². The first-order valence-electron chi connectivity index (χ1n) is 10.6. The fraction of sp³-hybridized carbons (Fsp3) is 0.240. The Morgan fingerprint density at radius 3 is 1.88 bits per heavy atom. The summed E-state index contributed by atoms with van der Waals surface area (Å²) in [5.41, 5.74) is 3.80.